The highest BCUT2D eigenvalue weighted by Gasteiger charge is 2.24. The molecule has 2 atom stereocenters. The van der Waals surface area contributed by atoms with Crippen molar-refractivity contribution in [2.45, 2.75) is 39.2 Å². The van der Waals surface area contributed by atoms with E-state index in [2.05, 4.69) is 41.4 Å². The maximum atomic E-state index is 5.44. The number of piperidine rings is 1. The molecule has 4 heteroatoms. The van der Waals surface area contributed by atoms with Gasteiger partial charge in [0.25, 0.3) is 0 Å². The Labute approximate surface area is 119 Å². The van der Waals surface area contributed by atoms with Gasteiger partial charge in [-0.15, -0.1) is 0 Å². The zero-order chi connectivity index (χ0) is 13.9. The summed E-state index contributed by atoms with van der Waals surface area (Å²) in [6.07, 6.45) is 3.03. The van der Waals surface area contributed by atoms with E-state index in [0.29, 0.717) is 5.92 Å². The number of nitrogens with zero attached hydrogens (tertiary/aromatic N) is 2. The topological polar surface area (TPSA) is 51.0 Å². The molecule has 2 heterocycles. The van der Waals surface area contributed by atoms with Gasteiger partial charge in [-0.25, -0.2) is 0 Å². The molecule has 1 fully saturated rings. The van der Waals surface area contributed by atoms with Crippen LogP contribution in [0.4, 0.5) is 0 Å². The molecule has 0 amide bonds. The van der Waals surface area contributed by atoms with Crippen molar-refractivity contribution in [1.82, 2.24) is 15.5 Å². The third-order valence-corrected chi connectivity index (χ3v) is 4.06. The van der Waals surface area contributed by atoms with Gasteiger partial charge >= 0.3 is 0 Å². The number of aromatic nitrogens is 2. The second-order valence-corrected chi connectivity index (χ2v) is 5.79. The standard InChI is InChI=1S/C16H21N3O/c1-11-7-8-17-14(9-11)16-18-15(19-20-16)10-13-6-4-3-5-12(13)2/h3-6,11,14,17H,7-10H2,1-2H3. The van der Waals surface area contributed by atoms with Crippen molar-refractivity contribution in [3.8, 4) is 0 Å². The Morgan fingerprint density at radius 2 is 2.20 bits per heavy atom. The zero-order valence-electron chi connectivity index (χ0n) is 12.1. The average Bonchev–Trinajstić information content (AvgIpc) is 2.90. The van der Waals surface area contributed by atoms with Crippen molar-refractivity contribution < 1.29 is 4.52 Å². The Morgan fingerprint density at radius 3 is 3.00 bits per heavy atom. The molecule has 3 rings (SSSR count). The maximum Gasteiger partial charge on any atom is 0.243 e. The molecule has 1 aliphatic rings. The van der Waals surface area contributed by atoms with Crippen molar-refractivity contribution >= 4 is 0 Å². The Morgan fingerprint density at radius 1 is 1.35 bits per heavy atom. The van der Waals surface area contributed by atoms with E-state index >= 15 is 0 Å². The van der Waals surface area contributed by atoms with Gasteiger partial charge in [-0.05, 0) is 43.4 Å². The monoisotopic (exact) mass is 271 g/mol. The number of hydrogen-bond donors (Lipinski definition) is 1. The predicted molar refractivity (Wildman–Crippen MR) is 77.4 cm³/mol. The molecule has 0 saturated carbocycles. The number of nitrogens with one attached hydrogen (secondary N) is 1. The Kier molecular flexibility index (Phi) is 3.83. The van der Waals surface area contributed by atoms with Crippen molar-refractivity contribution in [2.75, 3.05) is 6.54 Å². The highest BCUT2D eigenvalue weighted by molar-refractivity contribution is 5.28. The van der Waals surface area contributed by atoms with E-state index in [0.717, 1.165) is 31.1 Å². The second-order valence-electron chi connectivity index (χ2n) is 5.79. The third kappa shape index (κ3) is 2.90. The summed E-state index contributed by atoms with van der Waals surface area (Å²) in [5, 5.41) is 7.58. The van der Waals surface area contributed by atoms with E-state index in [1.165, 1.54) is 17.5 Å². The molecule has 20 heavy (non-hydrogen) atoms. The van der Waals surface area contributed by atoms with Crippen LogP contribution in [0.1, 0.15) is 48.6 Å². The predicted octanol–water partition coefficient (Wildman–Crippen LogP) is 3.03. The largest absolute Gasteiger partial charge is 0.338 e. The molecule has 2 unspecified atom stereocenters. The lowest BCUT2D eigenvalue weighted by Gasteiger charge is -2.25. The van der Waals surface area contributed by atoms with Gasteiger partial charge in [-0.2, -0.15) is 4.98 Å². The third-order valence-electron chi connectivity index (χ3n) is 4.06. The van der Waals surface area contributed by atoms with E-state index in [4.69, 9.17) is 4.52 Å². The van der Waals surface area contributed by atoms with Crippen LogP contribution in [0.15, 0.2) is 28.8 Å². The van der Waals surface area contributed by atoms with Crippen LogP contribution in [0.5, 0.6) is 0 Å². The minimum absolute atomic E-state index is 0.219. The first-order valence-electron chi connectivity index (χ1n) is 7.32. The Hall–Kier alpha value is -1.68. The van der Waals surface area contributed by atoms with Crippen LogP contribution in [0, 0.1) is 12.8 Å². The fraction of sp³-hybridized carbons (Fsp3) is 0.500. The van der Waals surface area contributed by atoms with Gasteiger partial charge in [-0.1, -0.05) is 36.3 Å². The molecule has 0 bridgehead atoms. The first-order chi connectivity index (χ1) is 9.72. The van der Waals surface area contributed by atoms with Crippen LogP contribution in [0.2, 0.25) is 0 Å². The van der Waals surface area contributed by atoms with Gasteiger partial charge in [0, 0.05) is 6.42 Å². The van der Waals surface area contributed by atoms with Crippen LogP contribution < -0.4 is 5.32 Å². The highest BCUT2D eigenvalue weighted by atomic mass is 16.5. The van der Waals surface area contributed by atoms with Crippen LogP contribution in [0.25, 0.3) is 0 Å². The highest BCUT2D eigenvalue weighted by Crippen LogP contribution is 2.26. The van der Waals surface area contributed by atoms with Gasteiger partial charge in [-0.3, -0.25) is 0 Å². The van der Waals surface area contributed by atoms with Gasteiger partial charge in [0.15, 0.2) is 5.82 Å². The van der Waals surface area contributed by atoms with E-state index in [1.54, 1.807) is 0 Å². The van der Waals surface area contributed by atoms with Gasteiger partial charge in [0.05, 0.1) is 6.04 Å². The van der Waals surface area contributed by atoms with Crippen molar-refractivity contribution in [3.63, 3.8) is 0 Å². The summed E-state index contributed by atoms with van der Waals surface area (Å²) in [5.74, 6) is 2.22. The number of rotatable bonds is 3. The molecule has 0 spiro atoms. The Balaban J connectivity index is 1.72. The molecule has 1 N–H and O–H groups in total. The number of aryl methyl sites for hydroxylation is 1. The summed E-state index contributed by atoms with van der Waals surface area (Å²) >= 11 is 0. The first kappa shape index (κ1) is 13.3. The fourth-order valence-electron chi connectivity index (χ4n) is 2.76. The minimum Gasteiger partial charge on any atom is -0.338 e. The van der Waals surface area contributed by atoms with E-state index in [-0.39, 0.29) is 6.04 Å². The molecule has 1 aromatic carbocycles. The van der Waals surface area contributed by atoms with Crippen LogP contribution >= 0.6 is 0 Å². The van der Waals surface area contributed by atoms with Crippen LogP contribution in [-0.2, 0) is 6.42 Å². The van der Waals surface area contributed by atoms with Gasteiger partial charge in [0.2, 0.25) is 5.89 Å². The molecule has 4 nitrogen and oxygen atoms in total. The van der Waals surface area contributed by atoms with Crippen molar-refractivity contribution in [2.24, 2.45) is 5.92 Å². The molecule has 1 aliphatic heterocycles. The summed E-state index contributed by atoms with van der Waals surface area (Å²) in [5.41, 5.74) is 2.52. The summed E-state index contributed by atoms with van der Waals surface area (Å²) in [6, 6.07) is 8.55. The lowest BCUT2D eigenvalue weighted by Crippen LogP contribution is -2.30. The number of benzene rings is 1. The molecule has 1 aromatic heterocycles. The lowest BCUT2D eigenvalue weighted by atomic mass is 9.94. The van der Waals surface area contributed by atoms with Crippen molar-refractivity contribution in [3.05, 3.63) is 47.1 Å². The maximum absolute atomic E-state index is 5.44. The fourth-order valence-corrected chi connectivity index (χ4v) is 2.76. The molecular formula is C16H21N3O. The quantitative estimate of drug-likeness (QED) is 0.932. The smallest absolute Gasteiger partial charge is 0.243 e. The first-order valence-corrected chi connectivity index (χ1v) is 7.32. The number of hydrogen-bond acceptors (Lipinski definition) is 4. The second kappa shape index (κ2) is 5.75. The molecule has 1 saturated heterocycles. The van der Waals surface area contributed by atoms with Gasteiger partial charge < -0.3 is 9.84 Å². The summed E-state index contributed by atoms with van der Waals surface area (Å²) in [6.45, 7) is 5.42. The molecule has 0 radical (unpaired) electrons. The Bertz CT molecular complexity index is 579. The van der Waals surface area contributed by atoms with Crippen LogP contribution in [-0.4, -0.2) is 16.7 Å². The van der Waals surface area contributed by atoms with Crippen LogP contribution in [0.3, 0.4) is 0 Å². The van der Waals surface area contributed by atoms with Gasteiger partial charge in [0.1, 0.15) is 0 Å². The average molecular weight is 271 g/mol. The molecule has 0 aliphatic carbocycles. The normalized spacial score (nSPS) is 22.9. The lowest BCUT2D eigenvalue weighted by molar-refractivity contribution is 0.259. The summed E-state index contributed by atoms with van der Waals surface area (Å²) in [7, 11) is 0. The summed E-state index contributed by atoms with van der Waals surface area (Å²) in [4.78, 5) is 4.56. The molecule has 2 aromatic rings. The van der Waals surface area contributed by atoms with E-state index < -0.39 is 0 Å². The van der Waals surface area contributed by atoms with E-state index in [9.17, 15) is 0 Å². The van der Waals surface area contributed by atoms with E-state index in [1.807, 2.05) is 12.1 Å². The zero-order valence-corrected chi connectivity index (χ0v) is 12.1. The SMILES string of the molecule is Cc1ccccc1Cc1noc(C2CC(C)CCN2)n1. The molecule has 106 valence electrons. The summed E-state index contributed by atoms with van der Waals surface area (Å²) < 4.78 is 5.44. The van der Waals surface area contributed by atoms with Crippen molar-refractivity contribution in [1.29, 1.82) is 0 Å². The molecular weight excluding hydrogens is 250 g/mol. The minimum atomic E-state index is 0.219.